The van der Waals surface area contributed by atoms with Crippen molar-refractivity contribution in [3.8, 4) is 0 Å². The molecule has 16 heteroatoms. The average molecular weight is 775 g/mol. The van der Waals surface area contributed by atoms with E-state index in [0.29, 0.717) is 57.3 Å². The number of carbonyl (C=O) groups is 7. The smallest absolute Gasteiger partial charge is 0.328 e. The molecular weight excluding hydrogens is 720 g/mol. The predicted octanol–water partition coefficient (Wildman–Crippen LogP) is 0.637. The summed E-state index contributed by atoms with van der Waals surface area (Å²) in [5.74, 6) is -3.84. The molecule has 6 rings (SSSR count). The number of benzene rings is 1. The number of aryl methyl sites for hydroxylation is 2. The summed E-state index contributed by atoms with van der Waals surface area (Å²) in [5, 5.41) is 12.9. The highest BCUT2D eigenvalue weighted by Gasteiger charge is 2.46. The maximum absolute atomic E-state index is 14.5. The zero-order chi connectivity index (χ0) is 40.1. The Kier molecular flexibility index (Phi) is 12.7. The van der Waals surface area contributed by atoms with Gasteiger partial charge in [0.1, 0.15) is 42.9 Å². The summed E-state index contributed by atoms with van der Waals surface area (Å²) in [6.07, 6.45) is 2.99. The van der Waals surface area contributed by atoms with Gasteiger partial charge in [-0.2, -0.15) is 5.10 Å². The molecular formula is C40H54N8O8. The van der Waals surface area contributed by atoms with Crippen LogP contribution >= 0.6 is 0 Å². The zero-order valence-corrected chi connectivity index (χ0v) is 32.7. The van der Waals surface area contributed by atoms with Crippen molar-refractivity contribution in [2.24, 2.45) is 5.92 Å². The number of nitrogens with one attached hydrogen (secondary N) is 3. The molecule has 4 aliphatic rings. The van der Waals surface area contributed by atoms with E-state index in [0.717, 1.165) is 11.3 Å². The van der Waals surface area contributed by atoms with Crippen LogP contribution in [0, 0.1) is 12.8 Å². The van der Waals surface area contributed by atoms with Gasteiger partial charge >= 0.3 is 5.97 Å². The molecule has 7 atom stereocenters. The third kappa shape index (κ3) is 9.05. The Hall–Kier alpha value is -5.28. The number of nitrogens with zero attached hydrogens (tertiary/aromatic N) is 5. The number of piperidine rings is 1. The molecule has 0 spiro atoms. The Balaban J connectivity index is 1.29. The molecule has 302 valence electrons. The Morgan fingerprint density at radius 1 is 0.911 bits per heavy atom. The van der Waals surface area contributed by atoms with E-state index in [9.17, 15) is 33.6 Å². The fourth-order valence-corrected chi connectivity index (χ4v) is 8.44. The van der Waals surface area contributed by atoms with Crippen LogP contribution in [0.5, 0.6) is 0 Å². The number of ether oxygens (including phenoxy) is 1. The van der Waals surface area contributed by atoms with Gasteiger partial charge in [-0.1, -0.05) is 37.3 Å². The lowest BCUT2D eigenvalue weighted by Gasteiger charge is -2.39. The molecule has 0 bridgehead atoms. The van der Waals surface area contributed by atoms with Gasteiger partial charge in [-0.25, -0.2) is 4.79 Å². The number of rotatable bonds is 8. The van der Waals surface area contributed by atoms with E-state index in [1.54, 1.807) is 11.6 Å². The molecule has 4 fully saturated rings. The van der Waals surface area contributed by atoms with Gasteiger partial charge in [-0.3, -0.25) is 33.4 Å². The maximum Gasteiger partial charge on any atom is 0.328 e. The van der Waals surface area contributed by atoms with Crippen molar-refractivity contribution in [2.75, 3.05) is 26.2 Å². The molecule has 0 unspecified atom stereocenters. The van der Waals surface area contributed by atoms with Gasteiger partial charge in [0.05, 0.1) is 12.1 Å². The molecule has 0 radical (unpaired) electrons. The van der Waals surface area contributed by atoms with Crippen LogP contribution in [-0.4, -0.2) is 128 Å². The van der Waals surface area contributed by atoms with Crippen molar-refractivity contribution in [1.82, 2.24) is 40.4 Å². The van der Waals surface area contributed by atoms with E-state index >= 15 is 0 Å². The second-order valence-corrected chi connectivity index (χ2v) is 15.6. The van der Waals surface area contributed by atoms with Crippen LogP contribution in [-0.2, 0) is 57.7 Å². The highest BCUT2D eigenvalue weighted by atomic mass is 16.5. The highest BCUT2D eigenvalue weighted by Crippen LogP contribution is 2.28. The first-order valence-corrected chi connectivity index (χ1v) is 19.9. The number of esters is 1. The molecule has 6 amide bonds. The Morgan fingerprint density at radius 2 is 1.62 bits per heavy atom. The average Bonchev–Trinajstić information content (AvgIpc) is 3.93. The van der Waals surface area contributed by atoms with Crippen LogP contribution < -0.4 is 16.0 Å². The molecule has 4 aliphatic heterocycles. The third-order valence-electron chi connectivity index (χ3n) is 11.3. The lowest BCUT2D eigenvalue weighted by molar-refractivity contribution is -0.158. The van der Waals surface area contributed by atoms with Crippen molar-refractivity contribution >= 4 is 41.4 Å². The van der Waals surface area contributed by atoms with Crippen molar-refractivity contribution in [2.45, 2.75) is 122 Å². The molecule has 0 aliphatic carbocycles. The molecule has 5 heterocycles. The van der Waals surface area contributed by atoms with E-state index in [1.165, 1.54) is 14.7 Å². The van der Waals surface area contributed by atoms with Crippen LogP contribution in [0.3, 0.4) is 0 Å². The second kappa shape index (κ2) is 17.7. The maximum atomic E-state index is 14.5. The minimum absolute atomic E-state index is 0.0440. The fraction of sp³-hybridized carbons (Fsp3) is 0.600. The van der Waals surface area contributed by atoms with E-state index < -0.39 is 78.4 Å². The van der Waals surface area contributed by atoms with Crippen molar-refractivity contribution in [3.05, 3.63) is 53.3 Å². The first-order chi connectivity index (χ1) is 26.8. The molecule has 2 aromatic rings. The van der Waals surface area contributed by atoms with Crippen molar-refractivity contribution in [1.29, 1.82) is 0 Å². The number of hydrogen-bond donors (Lipinski definition) is 3. The molecule has 3 N–H and O–H groups in total. The summed E-state index contributed by atoms with van der Waals surface area (Å²) in [7, 11) is 0. The van der Waals surface area contributed by atoms with E-state index in [4.69, 9.17) is 4.74 Å². The second-order valence-electron chi connectivity index (χ2n) is 15.6. The Bertz CT molecular complexity index is 1820. The predicted molar refractivity (Wildman–Crippen MR) is 202 cm³/mol. The number of carbonyl (C=O) groups excluding carboxylic acids is 7. The first kappa shape index (κ1) is 40.4. The molecule has 0 saturated carbocycles. The quantitative estimate of drug-likeness (QED) is 0.323. The van der Waals surface area contributed by atoms with Crippen LogP contribution in [0.25, 0.3) is 0 Å². The van der Waals surface area contributed by atoms with E-state index in [-0.39, 0.29) is 37.8 Å². The van der Waals surface area contributed by atoms with Crippen LogP contribution in [0.1, 0.15) is 76.2 Å². The Morgan fingerprint density at radius 3 is 2.36 bits per heavy atom. The minimum atomic E-state index is -1.42. The Labute approximate surface area is 327 Å². The van der Waals surface area contributed by atoms with Crippen LogP contribution in [0.4, 0.5) is 0 Å². The van der Waals surface area contributed by atoms with Gasteiger partial charge in [0.15, 0.2) is 0 Å². The summed E-state index contributed by atoms with van der Waals surface area (Å²) in [5.41, 5.74) is 2.20. The lowest BCUT2D eigenvalue weighted by Crippen LogP contribution is -2.62. The summed E-state index contributed by atoms with van der Waals surface area (Å²) in [6, 6.07) is 4.71. The topological polar surface area (TPSA) is 192 Å². The van der Waals surface area contributed by atoms with Gasteiger partial charge in [0.2, 0.25) is 35.4 Å². The minimum Gasteiger partial charge on any atom is -0.461 e. The third-order valence-corrected chi connectivity index (χ3v) is 11.3. The molecule has 1 aromatic carbocycles. The highest BCUT2D eigenvalue weighted by molar-refractivity contribution is 5.98. The summed E-state index contributed by atoms with van der Waals surface area (Å²) in [6.45, 7) is 8.19. The largest absolute Gasteiger partial charge is 0.461 e. The number of cyclic esters (lactones) is 1. The lowest BCUT2D eigenvalue weighted by atomic mass is 9.99. The molecule has 4 saturated heterocycles. The molecule has 16 nitrogen and oxygen atoms in total. The van der Waals surface area contributed by atoms with Gasteiger partial charge in [-0.05, 0) is 76.8 Å². The van der Waals surface area contributed by atoms with Crippen LogP contribution in [0.15, 0.2) is 36.4 Å². The fourth-order valence-electron chi connectivity index (χ4n) is 8.44. The standard InChI is InChI=1S/C40H54N8O8/c1-5-48-25(3)19-28(44-48)21-34(49)42-29(20-27-12-7-6-8-13-27)35(50)43-30-23-56-40(55)33-18-24(2)22-47(33)37(52)26(4)41-36(51)31-14-9-10-16-45(31)39(54)32-15-11-17-46(32)38(30)53/h6-8,12-13,19,24,26,29-33H,5,9-11,14-18,20-23H2,1-4H3,(H,41,51)(H,42,49)(H,43,50)/t24-,26-,29-,30-,31-,32-,33-/m0/s1. The van der Waals surface area contributed by atoms with Crippen molar-refractivity contribution < 1.29 is 38.3 Å². The van der Waals surface area contributed by atoms with Gasteiger partial charge < -0.3 is 35.4 Å². The van der Waals surface area contributed by atoms with Gasteiger partial charge in [0.25, 0.3) is 0 Å². The van der Waals surface area contributed by atoms with Gasteiger partial charge in [-0.15, -0.1) is 0 Å². The number of hydrogen-bond acceptors (Lipinski definition) is 9. The normalized spacial score (nSPS) is 26.9. The first-order valence-electron chi connectivity index (χ1n) is 19.9. The van der Waals surface area contributed by atoms with E-state index in [1.807, 2.05) is 57.2 Å². The number of fused-ring (bicyclic) bond motifs is 3. The number of aromatic nitrogens is 2. The summed E-state index contributed by atoms with van der Waals surface area (Å²) < 4.78 is 7.54. The van der Waals surface area contributed by atoms with E-state index in [2.05, 4.69) is 21.0 Å². The summed E-state index contributed by atoms with van der Waals surface area (Å²) in [4.78, 5) is 102. The summed E-state index contributed by atoms with van der Waals surface area (Å²) >= 11 is 0. The zero-order valence-electron chi connectivity index (χ0n) is 32.7. The monoisotopic (exact) mass is 774 g/mol. The number of amides is 6. The van der Waals surface area contributed by atoms with Crippen molar-refractivity contribution in [3.63, 3.8) is 0 Å². The molecule has 1 aromatic heterocycles. The van der Waals surface area contributed by atoms with Crippen LogP contribution in [0.2, 0.25) is 0 Å². The molecule has 56 heavy (non-hydrogen) atoms. The SMILES string of the molecule is CCn1nc(CC(=O)N[C@@H](Cc2ccccc2)C(=O)N[C@H]2COC(=O)[C@@H]3C[C@H](C)CN3C(=O)[C@H](C)NC(=O)[C@@H]3CCCCN3C(=O)[C@@H]3CCCN3C2=O)cc1C. The van der Waals surface area contributed by atoms with Gasteiger partial charge in [0, 0.05) is 38.3 Å².